The number of hydrogen-bond donors (Lipinski definition) is 0. The number of carbonyl (C=O) groups excluding carboxylic acids is 1. The summed E-state index contributed by atoms with van der Waals surface area (Å²) < 4.78 is 5.92. The van der Waals surface area contributed by atoms with Crippen LogP contribution in [-0.4, -0.2) is 13.0 Å². The molecule has 1 atom stereocenters. The lowest BCUT2D eigenvalue weighted by molar-refractivity contribution is -0.122. The highest BCUT2D eigenvalue weighted by atomic mass is 16.3. The molecule has 0 aliphatic carbocycles. The summed E-state index contributed by atoms with van der Waals surface area (Å²) in [6.45, 7) is 2.00. The lowest BCUT2D eigenvalue weighted by Crippen LogP contribution is -2.37. The van der Waals surface area contributed by atoms with Crippen LogP contribution in [0.1, 0.15) is 18.2 Å². The molecule has 0 spiro atoms. The molecule has 2 aromatic carbocycles. The third kappa shape index (κ3) is 1.72. The van der Waals surface area contributed by atoms with Gasteiger partial charge in [0.25, 0.3) is 0 Å². The van der Waals surface area contributed by atoms with Crippen LogP contribution >= 0.6 is 0 Å². The van der Waals surface area contributed by atoms with E-state index in [0.717, 1.165) is 28.0 Å². The number of furan rings is 1. The Morgan fingerprint density at radius 1 is 1.09 bits per heavy atom. The van der Waals surface area contributed by atoms with Gasteiger partial charge in [0.1, 0.15) is 11.3 Å². The number of rotatable bonds is 2. The van der Waals surface area contributed by atoms with E-state index in [9.17, 15) is 4.79 Å². The Kier molecular flexibility index (Phi) is 2.67. The zero-order valence-electron chi connectivity index (χ0n) is 12.7. The van der Waals surface area contributed by atoms with E-state index in [1.807, 2.05) is 68.6 Å². The first-order valence-corrected chi connectivity index (χ1v) is 7.45. The summed E-state index contributed by atoms with van der Waals surface area (Å²) >= 11 is 0. The molecule has 1 unspecified atom stereocenters. The molecule has 1 aliphatic heterocycles. The first kappa shape index (κ1) is 13.1. The number of fused-ring (bicyclic) bond motifs is 2. The third-order valence-electron chi connectivity index (χ3n) is 4.64. The Hall–Kier alpha value is -2.55. The van der Waals surface area contributed by atoms with Crippen LogP contribution in [0.2, 0.25) is 0 Å². The fourth-order valence-corrected chi connectivity index (χ4v) is 3.47. The molecular formula is C19H17NO2. The van der Waals surface area contributed by atoms with E-state index in [-0.39, 0.29) is 5.91 Å². The van der Waals surface area contributed by atoms with Crippen molar-refractivity contribution >= 4 is 22.6 Å². The molecule has 3 heteroatoms. The van der Waals surface area contributed by atoms with Crippen molar-refractivity contribution in [3.63, 3.8) is 0 Å². The number of amides is 1. The zero-order valence-corrected chi connectivity index (χ0v) is 12.7. The maximum atomic E-state index is 12.8. The van der Waals surface area contributed by atoms with Crippen LogP contribution in [0.3, 0.4) is 0 Å². The number of anilines is 1. The van der Waals surface area contributed by atoms with Gasteiger partial charge < -0.3 is 9.32 Å². The zero-order chi connectivity index (χ0) is 15.3. The van der Waals surface area contributed by atoms with Crippen molar-refractivity contribution in [1.82, 2.24) is 0 Å². The van der Waals surface area contributed by atoms with Crippen molar-refractivity contribution in [3.05, 3.63) is 65.9 Å². The molecule has 22 heavy (non-hydrogen) atoms. The summed E-state index contributed by atoms with van der Waals surface area (Å²) in [5, 5.41) is 1.08. The Morgan fingerprint density at radius 2 is 1.82 bits per heavy atom. The van der Waals surface area contributed by atoms with Crippen LogP contribution in [0.4, 0.5) is 5.69 Å². The highest BCUT2D eigenvalue weighted by Crippen LogP contribution is 2.43. The van der Waals surface area contributed by atoms with Gasteiger partial charge in [0.2, 0.25) is 5.91 Å². The van der Waals surface area contributed by atoms with E-state index in [0.29, 0.717) is 6.42 Å². The third-order valence-corrected chi connectivity index (χ3v) is 4.64. The van der Waals surface area contributed by atoms with Crippen LogP contribution in [0, 0.1) is 0 Å². The fourth-order valence-electron chi connectivity index (χ4n) is 3.47. The lowest BCUT2D eigenvalue weighted by atomic mass is 9.80. The van der Waals surface area contributed by atoms with E-state index in [1.165, 1.54) is 0 Å². The fraction of sp³-hybridized carbons (Fsp3) is 0.211. The molecule has 3 aromatic rings. The second-order valence-corrected chi connectivity index (χ2v) is 6.14. The van der Waals surface area contributed by atoms with Gasteiger partial charge >= 0.3 is 0 Å². The molecule has 0 bridgehead atoms. The number of para-hydroxylation sites is 2. The number of nitrogens with zero attached hydrogens (tertiary/aromatic N) is 1. The minimum Gasteiger partial charge on any atom is -0.461 e. The summed E-state index contributed by atoms with van der Waals surface area (Å²) in [6, 6.07) is 18.0. The maximum Gasteiger partial charge on any atom is 0.237 e. The number of likely N-dealkylation sites (N-methyl/N-ethyl adjacent to an activating group) is 1. The van der Waals surface area contributed by atoms with Gasteiger partial charge in [-0.15, -0.1) is 0 Å². The Balaban J connectivity index is 1.79. The average Bonchev–Trinajstić information content (AvgIpc) is 3.02. The van der Waals surface area contributed by atoms with Crippen molar-refractivity contribution in [1.29, 1.82) is 0 Å². The largest absolute Gasteiger partial charge is 0.461 e. The molecule has 3 nitrogen and oxygen atoms in total. The van der Waals surface area contributed by atoms with E-state index in [2.05, 4.69) is 0 Å². The Bertz CT molecular complexity index is 847. The lowest BCUT2D eigenvalue weighted by Gasteiger charge is -2.21. The monoisotopic (exact) mass is 291 g/mol. The average molecular weight is 291 g/mol. The summed E-state index contributed by atoms with van der Waals surface area (Å²) in [5.41, 5.74) is 2.36. The predicted molar refractivity (Wildman–Crippen MR) is 87.1 cm³/mol. The van der Waals surface area contributed by atoms with E-state index in [1.54, 1.807) is 4.90 Å². The SMILES string of the molecule is CN1C(=O)C(C)(Cc2cc3ccccc3o2)c2ccccc21. The molecule has 4 rings (SSSR count). The van der Waals surface area contributed by atoms with Crippen LogP contribution in [-0.2, 0) is 16.6 Å². The molecule has 0 radical (unpaired) electrons. The van der Waals surface area contributed by atoms with E-state index < -0.39 is 5.41 Å². The van der Waals surface area contributed by atoms with Crippen molar-refractivity contribution in [2.24, 2.45) is 0 Å². The van der Waals surface area contributed by atoms with Crippen LogP contribution in [0.5, 0.6) is 0 Å². The van der Waals surface area contributed by atoms with Crippen molar-refractivity contribution < 1.29 is 9.21 Å². The maximum absolute atomic E-state index is 12.8. The van der Waals surface area contributed by atoms with Crippen LogP contribution < -0.4 is 4.90 Å². The van der Waals surface area contributed by atoms with E-state index >= 15 is 0 Å². The summed E-state index contributed by atoms with van der Waals surface area (Å²) in [5.74, 6) is 0.969. The summed E-state index contributed by atoms with van der Waals surface area (Å²) in [4.78, 5) is 14.5. The second kappa shape index (κ2) is 4.47. The molecule has 2 heterocycles. The number of benzene rings is 2. The smallest absolute Gasteiger partial charge is 0.237 e. The van der Waals surface area contributed by atoms with Gasteiger partial charge in [-0.1, -0.05) is 36.4 Å². The van der Waals surface area contributed by atoms with Crippen molar-refractivity contribution in [2.75, 3.05) is 11.9 Å². The van der Waals surface area contributed by atoms with Crippen LogP contribution in [0.25, 0.3) is 11.0 Å². The van der Waals surface area contributed by atoms with Crippen LogP contribution in [0.15, 0.2) is 59.0 Å². The normalized spacial score (nSPS) is 20.6. The Labute approximate surface area is 129 Å². The van der Waals surface area contributed by atoms with Gasteiger partial charge in [-0.3, -0.25) is 4.79 Å². The minimum absolute atomic E-state index is 0.120. The minimum atomic E-state index is -0.570. The van der Waals surface area contributed by atoms with Gasteiger partial charge in [0, 0.05) is 24.5 Å². The molecule has 0 N–H and O–H groups in total. The molecule has 110 valence electrons. The van der Waals surface area contributed by atoms with Crippen molar-refractivity contribution in [3.8, 4) is 0 Å². The highest BCUT2D eigenvalue weighted by Gasteiger charge is 2.46. The summed E-state index contributed by atoms with van der Waals surface area (Å²) in [6.07, 6.45) is 0.571. The summed E-state index contributed by atoms with van der Waals surface area (Å²) in [7, 11) is 1.84. The standard InChI is InChI=1S/C19H17NO2/c1-19(12-14-11-13-7-3-6-10-17(13)22-14)15-8-4-5-9-16(15)20(2)18(19)21/h3-11H,12H2,1-2H3. The predicted octanol–water partition coefficient (Wildman–Crippen LogP) is 3.91. The molecule has 0 saturated carbocycles. The highest BCUT2D eigenvalue weighted by molar-refractivity contribution is 6.07. The molecule has 0 fully saturated rings. The van der Waals surface area contributed by atoms with Gasteiger partial charge in [-0.2, -0.15) is 0 Å². The molecular weight excluding hydrogens is 274 g/mol. The quantitative estimate of drug-likeness (QED) is 0.717. The van der Waals surface area contributed by atoms with Gasteiger partial charge in [0.15, 0.2) is 0 Å². The Morgan fingerprint density at radius 3 is 2.64 bits per heavy atom. The van der Waals surface area contributed by atoms with Gasteiger partial charge in [0.05, 0.1) is 5.41 Å². The number of carbonyl (C=O) groups is 1. The van der Waals surface area contributed by atoms with Gasteiger partial charge in [-0.05, 0) is 30.7 Å². The van der Waals surface area contributed by atoms with Gasteiger partial charge in [-0.25, -0.2) is 0 Å². The first-order valence-electron chi connectivity index (χ1n) is 7.45. The molecule has 1 aliphatic rings. The molecule has 1 aromatic heterocycles. The number of hydrogen-bond acceptors (Lipinski definition) is 2. The second-order valence-electron chi connectivity index (χ2n) is 6.14. The van der Waals surface area contributed by atoms with E-state index in [4.69, 9.17) is 4.42 Å². The molecule has 1 amide bonds. The van der Waals surface area contributed by atoms with Crippen molar-refractivity contribution in [2.45, 2.75) is 18.8 Å². The topological polar surface area (TPSA) is 33.5 Å². The first-order chi connectivity index (χ1) is 10.6. The molecule has 0 saturated heterocycles.